The fourth-order valence-corrected chi connectivity index (χ4v) is 3.88. The van der Waals surface area contributed by atoms with Crippen LogP contribution in [0, 0.1) is 0 Å². The fourth-order valence-electron chi connectivity index (χ4n) is 2.17. The normalized spacial score (nSPS) is 18.8. The first kappa shape index (κ1) is 16.2. The van der Waals surface area contributed by atoms with Gasteiger partial charge in [0.2, 0.25) is 0 Å². The van der Waals surface area contributed by atoms with Gasteiger partial charge in [0.25, 0.3) is 15.9 Å². The van der Waals surface area contributed by atoms with Gasteiger partial charge in [0, 0.05) is 17.2 Å². The highest BCUT2D eigenvalue weighted by molar-refractivity contribution is 9.10. The third kappa shape index (κ3) is 3.49. The largest absolute Gasteiger partial charge is 0.331 e. The van der Waals surface area contributed by atoms with E-state index in [9.17, 15) is 13.2 Å². The fraction of sp³-hybridized carbons (Fsp3) is 0.143. The Kier molecular flexibility index (Phi) is 4.31. The SMILES string of the molecule is O=C(Nc1ccc(Br)cc1Cl)C1=CC=CN2CCS(=O)(=O)N=C12. The Morgan fingerprint density at radius 3 is 2.91 bits per heavy atom. The Labute approximate surface area is 146 Å². The smallest absolute Gasteiger partial charge is 0.259 e. The van der Waals surface area contributed by atoms with Crippen molar-refractivity contribution in [1.29, 1.82) is 0 Å². The van der Waals surface area contributed by atoms with Crippen molar-refractivity contribution >= 4 is 55.0 Å². The lowest BCUT2D eigenvalue weighted by atomic mass is 10.1. The minimum atomic E-state index is -3.55. The molecule has 23 heavy (non-hydrogen) atoms. The van der Waals surface area contributed by atoms with Crippen molar-refractivity contribution in [2.24, 2.45) is 4.40 Å². The third-order valence-corrected chi connectivity index (χ3v) is 5.24. The summed E-state index contributed by atoms with van der Waals surface area (Å²) in [5, 5.41) is 3.04. The van der Waals surface area contributed by atoms with Crippen LogP contribution < -0.4 is 5.32 Å². The number of nitrogens with zero attached hydrogens (tertiary/aromatic N) is 2. The summed E-state index contributed by atoms with van der Waals surface area (Å²) in [6.07, 6.45) is 4.89. The van der Waals surface area contributed by atoms with Gasteiger partial charge in [-0.1, -0.05) is 27.5 Å². The van der Waals surface area contributed by atoms with Crippen molar-refractivity contribution in [3.63, 3.8) is 0 Å². The van der Waals surface area contributed by atoms with Crippen molar-refractivity contribution in [3.05, 3.63) is 51.6 Å². The van der Waals surface area contributed by atoms with E-state index in [0.29, 0.717) is 10.7 Å². The summed E-state index contributed by atoms with van der Waals surface area (Å²) in [7, 11) is -3.55. The number of rotatable bonds is 2. The Morgan fingerprint density at radius 1 is 1.39 bits per heavy atom. The van der Waals surface area contributed by atoms with Crippen LogP contribution in [0.25, 0.3) is 0 Å². The molecule has 9 heteroatoms. The van der Waals surface area contributed by atoms with Crippen LogP contribution >= 0.6 is 27.5 Å². The number of carbonyl (C=O) groups is 1. The average molecular weight is 417 g/mol. The minimum absolute atomic E-state index is 0.0751. The Morgan fingerprint density at radius 2 is 2.17 bits per heavy atom. The van der Waals surface area contributed by atoms with Crippen LogP contribution in [-0.2, 0) is 14.8 Å². The van der Waals surface area contributed by atoms with Gasteiger partial charge in [-0.05, 0) is 30.4 Å². The highest BCUT2D eigenvalue weighted by atomic mass is 79.9. The molecule has 2 heterocycles. The van der Waals surface area contributed by atoms with E-state index in [1.165, 1.54) is 6.08 Å². The average Bonchev–Trinajstić information content (AvgIpc) is 2.48. The molecule has 0 aliphatic carbocycles. The van der Waals surface area contributed by atoms with Gasteiger partial charge in [-0.2, -0.15) is 0 Å². The summed E-state index contributed by atoms with van der Waals surface area (Å²) < 4.78 is 27.9. The molecule has 120 valence electrons. The molecule has 0 fully saturated rings. The summed E-state index contributed by atoms with van der Waals surface area (Å²) in [6.45, 7) is 0.265. The number of hydrogen-bond donors (Lipinski definition) is 1. The zero-order valence-corrected chi connectivity index (χ0v) is 14.8. The van der Waals surface area contributed by atoms with Crippen molar-refractivity contribution in [3.8, 4) is 0 Å². The molecule has 0 bridgehead atoms. The number of amidine groups is 1. The Hall–Kier alpha value is -1.64. The molecule has 0 radical (unpaired) electrons. The molecule has 1 N–H and O–H groups in total. The first-order valence-corrected chi connectivity index (χ1v) is 9.38. The molecule has 1 amide bonds. The topological polar surface area (TPSA) is 78.8 Å². The van der Waals surface area contributed by atoms with Crippen molar-refractivity contribution < 1.29 is 13.2 Å². The molecule has 6 nitrogen and oxygen atoms in total. The summed E-state index contributed by atoms with van der Waals surface area (Å²) in [6, 6.07) is 5.05. The molecule has 0 atom stereocenters. The first-order chi connectivity index (χ1) is 10.9. The molecule has 2 aliphatic heterocycles. The lowest BCUT2D eigenvalue weighted by molar-refractivity contribution is -0.112. The van der Waals surface area contributed by atoms with Crippen LogP contribution in [0.15, 0.2) is 51.0 Å². The number of amides is 1. The molecule has 3 rings (SSSR count). The van der Waals surface area contributed by atoms with Crippen molar-refractivity contribution in [2.75, 3.05) is 17.6 Å². The second-order valence-electron chi connectivity index (χ2n) is 4.89. The van der Waals surface area contributed by atoms with Crippen LogP contribution in [0.1, 0.15) is 0 Å². The number of sulfonamides is 1. The second-order valence-corrected chi connectivity index (χ2v) is 7.97. The monoisotopic (exact) mass is 415 g/mol. The zero-order chi connectivity index (χ0) is 16.6. The van der Waals surface area contributed by atoms with Gasteiger partial charge in [-0.25, -0.2) is 8.42 Å². The molecule has 1 aromatic rings. The highest BCUT2D eigenvalue weighted by Gasteiger charge is 2.30. The van der Waals surface area contributed by atoms with Crippen LogP contribution in [0.4, 0.5) is 5.69 Å². The van der Waals surface area contributed by atoms with E-state index >= 15 is 0 Å². The predicted molar refractivity (Wildman–Crippen MR) is 92.9 cm³/mol. The van der Waals surface area contributed by atoms with E-state index in [2.05, 4.69) is 25.6 Å². The Bertz CT molecular complexity index is 877. The van der Waals surface area contributed by atoms with Crippen LogP contribution in [0.5, 0.6) is 0 Å². The maximum Gasteiger partial charge on any atom is 0.259 e. The number of nitrogens with one attached hydrogen (secondary N) is 1. The Balaban J connectivity index is 1.91. The maximum atomic E-state index is 12.5. The summed E-state index contributed by atoms with van der Waals surface area (Å²) >= 11 is 9.37. The molecule has 0 saturated heterocycles. The van der Waals surface area contributed by atoms with Gasteiger partial charge in [0.1, 0.15) is 0 Å². The summed E-state index contributed by atoms with van der Waals surface area (Å²) in [5.41, 5.74) is 0.607. The van der Waals surface area contributed by atoms with Gasteiger partial charge in [-0.15, -0.1) is 4.40 Å². The van der Waals surface area contributed by atoms with E-state index in [-0.39, 0.29) is 23.7 Å². The number of hydrogen-bond acceptors (Lipinski definition) is 4. The number of fused-ring (bicyclic) bond motifs is 1. The molecular weight excluding hydrogens is 406 g/mol. The quantitative estimate of drug-likeness (QED) is 0.803. The lowest BCUT2D eigenvalue weighted by Crippen LogP contribution is -2.40. The van der Waals surface area contributed by atoms with E-state index in [1.807, 2.05) is 0 Å². The number of allylic oxidation sites excluding steroid dienone is 2. The van der Waals surface area contributed by atoms with Crippen molar-refractivity contribution in [1.82, 2.24) is 4.90 Å². The van der Waals surface area contributed by atoms with Crippen molar-refractivity contribution in [2.45, 2.75) is 0 Å². The number of carbonyl (C=O) groups excluding carboxylic acids is 1. The number of halogens is 2. The molecule has 1 aromatic carbocycles. The van der Waals surface area contributed by atoms with Gasteiger partial charge in [-0.3, -0.25) is 4.79 Å². The van der Waals surface area contributed by atoms with Crippen LogP contribution in [0.3, 0.4) is 0 Å². The van der Waals surface area contributed by atoms with Gasteiger partial charge >= 0.3 is 0 Å². The van der Waals surface area contributed by atoms with E-state index in [0.717, 1.165) is 4.47 Å². The molecule has 0 spiro atoms. The standard InChI is InChI=1S/C14H11BrClN3O3S/c15-9-3-4-12(11(16)8-9)17-14(20)10-2-1-5-19-6-7-23(21,22)18-13(10)19/h1-5,8H,6-7H2,(H,17,20). The first-order valence-electron chi connectivity index (χ1n) is 6.60. The van der Waals surface area contributed by atoms with Crippen LogP contribution in [-0.4, -0.2) is 37.4 Å². The zero-order valence-electron chi connectivity index (χ0n) is 11.7. The van der Waals surface area contributed by atoms with E-state index in [1.54, 1.807) is 35.4 Å². The molecule has 2 aliphatic rings. The van der Waals surface area contributed by atoms with E-state index < -0.39 is 15.9 Å². The molecule has 0 saturated carbocycles. The maximum absolute atomic E-state index is 12.5. The minimum Gasteiger partial charge on any atom is -0.331 e. The number of benzene rings is 1. The van der Waals surface area contributed by atoms with Gasteiger partial charge in [0.05, 0.1) is 22.0 Å². The predicted octanol–water partition coefficient (Wildman–Crippen LogP) is 2.54. The lowest BCUT2D eigenvalue weighted by Gasteiger charge is -2.28. The van der Waals surface area contributed by atoms with E-state index in [4.69, 9.17) is 11.6 Å². The van der Waals surface area contributed by atoms with Gasteiger partial charge < -0.3 is 10.2 Å². The second kappa shape index (κ2) is 6.10. The highest BCUT2D eigenvalue weighted by Crippen LogP contribution is 2.27. The molecule has 0 aromatic heterocycles. The summed E-state index contributed by atoms with van der Waals surface area (Å²) in [5.74, 6) is -0.419. The van der Waals surface area contributed by atoms with Gasteiger partial charge in [0.15, 0.2) is 5.84 Å². The van der Waals surface area contributed by atoms with Crippen LogP contribution in [0.2, 0.25) is 5.02 Å². The molecular formula is C14H11BrClN3O3S. The summed E-state index contributed by atoms with van der Waals surface area (Å²) in [4.78, 5) is 14.1. The molecule has 0 unspecified atom stereocenters. The number of anilines is 1. The third-order valence-electron chi connectivity index (χ3n) is 3.28.